The molecule has 1 aromatic heterocycles. The number of thioether (sulfide) groups is 1. The summed E-state index contributed by atoms with van der Waals surface area (Å²) < 4.78 is 23.2. The van der Waals surface area contributed by atoms with Crippen LogP contribution in [0.3, 0.4) is 0 Å². The monoisotopic (exact) mass is 455 g/mol. The molecule has 10 heteroatoms. The normalized spacial score (nSPS) is 12.7. The fourth-order valence-corrected chi connectivity index (χ4v) is 4.07. The number of ether oxygens (including phenoxy) is 4. The van der Waals surface area contributed by atoms with Crippen LogP contribution in [-0.4, -0.2) is 46.9 Å². The molecule has 1 aliphatic heterocycles. The minimum absolute atomic E-state index is 0.0979. The van der Waals surface area contributed by atoms with E-state index in [0.717, 1.165) is 17.3 Å². The molecule has 3 aromatic rings. The lowest BCUT2D eigenvalue weighted by Gasteiger charge is -2.10. The number of aromatic nitrogens is 3. The van der Waals surface area contributed by atoms with Crippen molar-refractivity contribution in [3.8, 4) is 34.4 Å². The number of carboxylic acid groups (broad SMARTS) is 1. The van der Waals surface area contributed by atoms with E-state index in [2.05, 4.69) is 10.2 Å². The molecule has 0 saturated carbocycles. The third-order valence-corrected chi connectivity index (χ3v) is 5.75. The molecule has 1 N–H and O–H groups in total. The summed E-state index contributed by atoms with van der Waals surface area (Å²) in [6.07, 6.45) is 1.57. The van der Waals surface area contributed by atoms with Crippen molar-refractivity contribution in [1.82, 2.24) is 14.8 Å². The summed E-state index contributed by atoms with van der Waals surface area (Å²) in [5.74, 6) is 1.97. The number of rotatable bonds is 8. The molecule has 9 nitrogen and oxygen atoms in total. The molecule has 0 spiro atoms. The van der Waals surface area contributed by atoms with Crippen molar-refractivity contribution in [2.45, 2.75) is 18.6 Å². The Bertz CT molecular complexity index is 1170. The number of carboxylic acids is 1. The number of carbonyl (C=O) groups is 1. The van der Waals surface area contributed by atoms with Crippen LogP contribution < -0.4 is 18.9 Å². The lowest BCUT2D eigenvalue weighted by Crippen LogP contribution is -2.03. The molecule has 0 radical (unpaired) electrons. The third kappa shape index (κ3) is 4.35. The van der Waals surface area contributed by atoms with Gasteiger partial charge in [-0.25, -0.2) is 4.79 Å². The average molecular weight is 455 g/mol. The summed E-state index contributed by atoms with van der Waals surface area (Å²) in [5.41, 5.74) is 1.43. The number of nitrogens with zero attached hydrogens (tertiary/aromatic N) is 3. The molecular formula is C22H21N3O6S. The molecule has 0 amide bonds. The third-order valence-electron chi connectivity index (χ3n) is 4.75. The van der Waals surface area contributed by atoms with E-state index >= 15 is 0 Å². The van der Waals surface area contributed by atoms with Crippen molar-refractivity contribution < 1.29 is 28.8 Å². The number of hydrogen-bond donors (Lipinski definition) is 1. The Kier molecular flexibility index (Phi) is 6.22. The van der Waals surface area contributed by atoms with Crippen molar-refractivity contribution in [2.24, 2.45) is 0 Å². The predicted molar refractivity (Wildman–Crippen MR) is 118 cm³/mol. The Morgan fingerprint density at radius 3 is 2.50 bits per heavy atom. The smallest absolute Gasteiger partial charge is 0.342 e. The first kappa shape index (κ1) is 21.6. The molecule has 2 heterocycles. The zero-order valence-electron chi connectivity index (χ0n) is 17.7. The number of aliphatic carboxylic acids is 1. The van der Waals surface area contributed by atoms with Crippen LogP contribution in [0.25, 0.3) is 17.5 Å². The van der Waals surface area contributed by atoms with Crippen molar-refractivity contribution in [2.75, 3.05) is 21.0 Å². The molecule has 0 aliphatic carbocycles. The van der Waals surface area contributed by atoms with Gasteiger partial charge in [0, 0.05) is 18.2 Å². The van der Waals surface area contributed by atoms with Gasteiger partial charge in [0.15, 0.2) is 22.5 Å². The van der Waals surface area contributed by atoms with Gasteiger partial charge in [-0.05, 0) is 54.6 Å². The molecule has 32 heavy (non-hydrogen) atoms. The van der Waals surface area contributed by atoms with E-state index in [9.17, 15) is 9.90 Å². The summed E-state index contributed by atoms with van der Waals surface area (Å²) in [5, 5.41) is 18.8. The van der Waals surface area contributed by atoms with Gasteiger partial charge in [-0.1, -0.05) is 6.07 Å². The van der Waals surface area contributed by atoms with Crippen LogP contribution in [0.5, 0.6) is 23.0 Å². The first-order chi connectivity index (χ1) is 15.5. The van der Waals surface area contributed by atoms with Gasteiger partial charge in [0.1, 0.15) is 16.4 Å². The summed E-state index contributed by atoms with van der Waals surface area (Å²) >= 11 is 1.03. The first-order valence-electron chi connectivity index (χ1n) is 9.71. The van der Waals surface area contributed by atoms with Crippen LogP contribution in [0, 0.1) is 0 Å². The standard InChI is InChI=1S/C22H21N3O6S/c1-4-25-20(14-9-15(28-2)11-16(10-14)29-3)23-24-22(25)32-19(21(26)27)8-13-5-6-17-18(7-13)31-12-30-17/h5-11H,4,12H2,1-3H3,(H,26,27)/b19-8-. The van der Waals surface area contributed by atoms with Crippen LogP contribution in [0.1, 0.15) is 12.5 Å². The lowest BCUT2D eigenvalue weighted by molar-refractivity contribution is -0.131. The van der Waals surface area contributed by atoms with Crippen LogP contribution in [0.4, 0.5) is 0 Å². The maximum absolute atomic E-state index is 11.9. The highest BCUT2D eigenvalue weighted by Crippen LogP contribution is 2.36. The zero-order valence-corrected chi connectivity index (χ0v) is 18.5. The van der Waals surface area contributed by atoms with E-state index in [1.165, 1.54) is 0 Å². The maximum Gasteiger partial charge on any atom is 0.342 e. The first-order valence-corrected chi connectivity index (χ1v) is 10.5. The van der Waals surface area contributed by atoms with Gasteiger partial charge in [0.2, 0.25) is 6.79 Å². The van der Waals surface area contributed by atoms with E-state index in [4.69, 9.17) is 18.9 Å². The molecule has 1 aliphatic rings. The van der Waals surface area contributed by atoms with E-state index in [0.29, 0.717) is 46.1 Å². The van der Waals surface area contributed by atoms with Crippen molar-refractivity contribution in [3.63, 3.8) is 0 Å². The van der Waals surface area contributed by atoms with Gasteiger partial charge in [-0.2, -0.15) is 0 Å². The molecule has 0 saturated heterocycles. The lowest BCUT2D eigenvalue weighted by atomic mass is 10.2. The molecule has 0 unspecified atom stereocenters. The highest BCUT2D eigenvalue weighted by Gasteiger charge is 2.20. The van der Waals surface area contributed by atoms with Crippen molar-refractivity contribution in [3.05, 3.63) is 46.9 Å². The van der Waals surface area contributed by atoms with Gasteiger partial charge in [-0.15, -0.1) is 10.2 Å². The fourth-order valence-electron chi connectivity index (χ4n) is 3.19. The summed E-state index contributed by atoms with van der Waals surface area (Å²) in [4.78, 5) is 12.0. The van der Waals surface area contributed by atoms with Gasteiger partial charge < -0.3 is 28.6 Å². The predicted octanol–water partition coefficient (Wildman–Crippen LogP) is 3.93. The Morgan fingerprint density at radius 2 is 1.84 bits per heavy atom. The molecular weight excluding hydrogens is 434 g/mol. The number of hydrogen-bond acceptors (Lipinski definition) is 8. The molecule has 166 valence electrons. The highest BCUT2D eigenvalue weighted by molar-refractivity contribution is 8.04. The quantitative estimate of drug-likeness (QED) is 0.399. The minimum atomic E-state index is -1.07. The van der Waals surface area contributed by atoms with Gasteiger partial charge in [0.05, 0.1) is 14.2 Å². The minimum Gasteiger partial charge on any atom is -0.497 e. The van der Waals surface area contributed by atoms with E-state index < -0.39 is 5.97 Å². The SMILES string of the molecule is CCn1c(S/C(=C\c2ccc3c(c2)OCO3)C(=O)O)nnc1-c1cc(OC)cc(OC)c1. The average Bonchev–Trinajstić information content (AvgIpc) is 3.44. The Hall–Kier alpha value is -3.66. The fraction of sp³-hybridized carbons (Fsp3) is 0.227. The van der Waals surface area contributed by atoms with Crippen molar-refractivity contribution in [1.29, 1.82) is 0 Å². The zero-order chi connectivity index (χ0) is 22.7. The summed E-state index contributed by atoms with van der Waals surface area (Å²) in [6.45, 7) is 2.64. The highest BCUT2D eigenvalue weighted by atomic mass is 32.2. The molecule has 0 fully saturated rings. The topological polar surface area (TPSA) is 105 Å². The van der Waals surface area contributed by atoms with E-state index in [1.54, 1.807) is 44.6 Å². The van der Waals surface area contributed by atoms with Crippen molar-refractivity contribution >= 4 is 23.8 Å². The molecule has 4 rings (SSSR count). The molecule has 0 atom stereocenters. The van der Waals surface area contributed by atoms with Gasteiger partial charge >= 0.3 is 5.97 Å². The van der Waals surface area contributed by atoms with Crippen LogP contribution in [0.2, 0.25) is 0 Å². The second-order valence-electron chi connectivity index (χ2n) is 6.68. The number of fused-ring (bicyclic) bond motifs is 1. The van der Waals surface area contributed by atoms with Crippen LogP contribution in [0.15, 0.2) is 46.5 Å². The van der Waals surface area contributed by atoms with Gasteiger partial charge in [0.25, 0.3) is 0 Å². The van der Waals surface area contributed by atoms with E-state index in [-0.39, 0.29) is 11.7 Å². The Balaban J connectivity index is 1.68. The van der Waals surface area contributed by atoms with Gasteiger partial charge in [-0.3, -0.25) is 0 Å². The Morgan fingerprint density at radius 1 is 1.12 bits per heavy atom. The van der Waals surface area contributed by atoms with E-state index in [1.807, 2.05) is 23.6 Å². The second kappa shape index (κ2) is 9.23. The summed E-state index contributed by atoms with van der Waals surface area (Å²) in [6, 6.07) is 10.7. The summed E-state index contributed by atoms with van der Waals surface area (Å²) in [7, 11) is 3.15. The maximum atomic E-state index is 11.9. The molecule has 0 bridgehead atoms. The molecule has 2 aromatic carbocycles. The second-order valence-corrected chi connectivity index (χ2v) is 7.69. The number of benzene rings is 2. The van der Waals surface area contributed by atoms with Crippen LogP contribution in [-0.2, 0) is 11.3 Å². The largest absolute Gasteiger partial charge is 0.497 e. The van der Waals surface area contributed by atoms with Crippen LogP contribution >= 0.6 is 11.8 Å². The number of methoxy groups -OCH3 is 2. The Labute approximate surface area is 188 Å².